The molecule has 138 valence electrons. The van der Waals surface area contributed by atoms with Crippen molar-refractivity contribution in [1.82, 2.24) is 0 Å². The minimum atomic E-state index is 0.135. The van der Waals surface area contributed by atoms with Crippen LogP contribution < -0.4 is 14.4 Å². The number of hydrogen-bond acceptors (Lipinski definition) is 4. The van der Waals surface area contributed by atoms with Crippen LogP contribution in [0.15, 0.2) is 53.4 Å². The number of benzene rings is 2. The number of rotatable bonds is 8. The molecule has 0 aliphatic heterocycles. The molecule has 1 aliphatic rings. The fourth-order valence-corrected chi connectivity index (χ4v) is 3.78. The quantitative estimate of drug-likeness (QED) is 0.634. The zero-order valence-corrected chi connectivity index (χ0v) is 16.3. The first-order chi connectivity index (χ1) is 12.6. The molecule has 1 amide bonds. The number of hydrogen-bond donors (Lipinski definition) is 0. The number of anilines is 1. The summed E-state index contributed by atoms with van der Waals surface area (Å²) in [4.78, 5) is 16.0. The second-order valence-electron chi connectivity index (χ2n) is 6.50. The molecule has 3 rings (SSSR count). The lowest BCUT2D eigenvalue weighted by molar-refractivity contribution is -0.116. The fraction of sp³-hybridized carbons (Fsp3) is 0.381. The van der Waals surface area contributed by atoms with Crippen LogP contribution in [0.5, 0.6) is 11.5 Å². The Hall–Kier alpha value is -2.14. The van der Waals surface area contributed by atoms with Crippen LogP contribution in [0.3, 0.4) is 0 Å². The van der Waals surface area contributed by atoms with Gasteiger partial charge >= 0.3 is 0 Å². The molecule has 0 aromatic heterocycles. The van der Waals surface area contributed by atoms with E-state index in [1.807, 2.05) is 53.4 Å². The smallest absolute Gasteiger partial charge is 0.237 e. The highest BCUT2D eigenvalue weighted by Crippen LogP contribution is 2.37. The number of carbonyl (C=O) groups is 1. The summed E-state index contributed by atoms with van der Waals surface area (Å²) in [5.41, 5.74) is 0.936. The molecule has 1 atom stereocenters. The molecule has 1 fully saturated rings. The van der Waals surface area contributed by atoms with Gasteiger partial charge in [-0.1, -0.05) is 0 Å². The molecule has 0 spiro atoms. The number of ether oxygens (including phenoxy) is 2. The van der Waals surface area contributed by atoms with Crippen molar-refractivity contribution in [1.29, 1.82) is 0 Å². The summed E-state index contributed by atoms with van der Waals surface area (Å²) in [5.74, 6) is 2.77. The van der Waals surface area contributed by atoms with Gasteiger partial charge in [-0.15, -0.1) is 11.8 Å². The van der Waals surface area contributed by atoms with Crippen LogP contribution in [-0.2, 0) is 4.79 Å². The second kappa shape index (κ2) is 8.49. The molecule has 2 aromatic rings. The molecule has 1 saturated carbocycles. The Kier molecular flexibility index (Phi) is 6.09. The zero-order chi connectivity index (χ0) is 18.5. The average Bonchev–Trinajstić information content (AvgIpc) is 3.53. The molecule has 2 aromatic carbocycles. The van der Waals surface area contributed by atoms with Crippen molar-refractivity contribution in [2.45, 2.75) is 30.7 Å². The van der Waals surface area contributed by atoms with Crippen molar-refractivity contribution in [3.63, 3.8) is 0 Å². The molecule has 0 N–H and O–H groups in total. The standard InChI is InChI=1S/C21H25NO3S/c1-15(16-4-5-16)22(17-6-8-18(24-2)9-7-17)21(23)14-26-20-12-10-19(25-3)11-13-20/h6-13,15-16H,4-5,14H2,1-3H3. The third kappa shape index (κ3) is 4.52. The Labute approximate surface area is 159 Å². The number of thioether (sulfide) groups is 1. The summed E-state index contributed by atoms with van der Waals surface area (Å²) in [7, 11) is 3.30. The monoisotopic (exact) mass is 371 g/mol. The van der Waals surface area contributed by atoms with Crippen LogP contribution in [0.4, 0.5) is 5.69 Å². The van der Waals surface area contributed by atoms with E-state index in [0.29, 0.717) is 11.7 Å². The Morgan fingerprint density at radius 1 is 1.04 bits per heavy atom. The fourth-order valence-electron chi connectivity index (χ4n) is 3.03. The molecule has 0 saturated heterocycles. The molecule has 5 heteroatoms. The lowest BCUT2D eigenvalue weighted by Crippen LogP contribution is -2.41. The largest absolute Gasteiger partial charge is 0.497 e. The van der Waals surface area contributed by atoms with E-state index in [1.54, 1.807) is 26.0 Å². The van der Waals surface area contributed by atoms with Crippen molar-refractivity contribution >= 4 is 23.4 Å². The summed E-state index contributed by atoms with van der Waals surface area (Å²) in [5, 5.41) is 0. The van der Waals surface area contributed by atoms with Crippen LogP contribution >= 0.6 is 11.8 Å². The lowest BCUT2D eigenvalue weighted by Gasteiger charge is -2.29. The van der Waals surface area contributed by atoms with Gasteiger partial charge in [-0.25, -0.2) is 0 Å². The van der Waals surface area contributed by atoms with E-state index < -0.39 is 0 Å². The van der Waals surface area contributed by atoms with E-state index in [-0.39, 0.29) is 11.9 Å². The normalized spacial score (nSPS) is 14.6. The second-order valence-corrected chi connectivity index (χ2v) is 7.55. The SMILES string of the molecule is COc1ccc(SCC(=O)N(c2ccc(OC)cc2)C(C)C2CC2)cc1. The van der Waals surface area contributed by atoms with E-state index >= 15 is 0 Å². The number of methoxy groups -OCH3 is 2. The lowest BCUT2D eigenvalue weighted by atomic mass is 10.1. The molecular formula is C21H25NO3S. The van der Waals surface area contributed by atoms with E-state index in [0.717, 1.165) is 22.1 Å². The van der Waals surface area contributed by atoms with E-state index in [4.69, 9.17) is 9.47 Å². The summed E-state index contributed by atoms with van der Waals surface area (Å²) in [6.45, 7) is 2.15. The third-order valence-electron chi connectivity index (χ3n) is 4.75. The Bertz CT molecular complexity index is 726. The third-order valence-corrected chi connectivity index (χ3v) is 5.75. The number of carbonyl (C=O) groups excluding carboxylic acids is 1. The van der Waals surface area contributed by atoms with Crippen molar-refractivity contribution in [3.05, 3.63) is 48.5 Å². The molecule has 0 bridgehead atoms. The highest BCUT2D eigenvalue weighted by molar-refractivity contribution is 8.00. The summed E-state index contributed by atoms with van der Waals surface area (Å²) in [6, 6.07) is 15.8. The Balaban J connectivity index is 1.71. The van der Waals surface area contributed by atoms with Gasteiger partial charge in [0.05, 0.1) is 20.0 Å². The number of nitrogens with zero attached hydrogens (tertiary/aromatic N) is 1. The van der Waals surface area contributed by atoms with Gasteiger partial charge in [0.25, 0.3) is 0 Å². The minimum Gasteiger partial charge on any atom is -0.497 e. The van der Waals surface area contributed by atoms with E-state index in [1.165, 1.54) is 12.8 Å². The van der Waals surface area contributed by atoms with Gasteiger partial charge in [-0.2, -0.15) is 0 Å². The maximum absolute atomic E-state index is 13.0. The minimum absolute atomic E-state index is 0.135. The molecule has 26 heavy (non-hydrogen) atoms. The van der Waals surface area contributed by atoms with Gasteiger partial charge in [0.1, 0.15) is 11.5 Å². The van der Waals surface area contributed by atoms with Crippen molar-refractivity contribution < 1.29 is 14.3 Å². The van der Waals surface area contributed by atoms with Crippen LogP contribution in [0.25, 0.3) is 0 Å². The summed E-state index contributed by atoms with van der Waals surface area (Å²) >= 11 is 1.56. The van der Waals surface area contributed by atoms with Crippen LogP contribution in [-0.4, -0.2) is 31.9 Å². The predicted octanol–water partition coefficient (Wildman–Crippen LogP) is 4.63. The highest BCUT2D eigenvalue weighted by Gasteiger charge is 2.35. The van der Waals surface area contributed by atoms with Crippen molar-refractivity contribution in [2.24, 2.45) is 5.92 Å². The highest BCUT2D eigenvalue weighted by atomic mass is 32.2. The van der Waals surface area contributed by atoms with E-state index in [9.17, 15) is 4.79 Å². The maximum Gasteiger partial charge on any atom is 0.237 e. The number of amides is 1. The van der Waals surface area contributed by atoms with Gasteiger partial charge in [-0.05, 0) is 74.2 Å². The maximum atomic E-state index is 13.0. The van der Waals surface area contributed by atoms with Crippen molar-refractivity contribution in [3.8, 4) is 11.5 Å². The zero-order valence-electron chi connectivity index (χ0n) is 15.5. The summed E-state index contributed by atoms with van der Waals surface area (Å²) in [6.07, 6.45) is 2.40. The van der Waals surface area contributed by atoms with E-state index in [2.05, 4.69) is 6.92 Å². The Morgan fingerprint density at radius 3 is 2.08 bits per heavy atom. The Morgan fingerprint density at radius 2 is 1.58 bits per heavy atom. The van der Waals surface area contributed by atoms with Gasteiger partial charge in [-0.3, -0.25) is 4.79 Å². The van der Waals surface area contributed by atoms with Crippen LogP contribution in [0.1, 0.15) is 19.8 Å². The van der Waals surface area contributed by atoms with Gasteiger partial charge in [0.2, 0.25) is 5.91 Å². The average molecular weight is 372 g/mol. The first-order valence-corrected chi connectivity index (χ1v) is 9.84. The van der Waals surface area contributed by atoms with Gasteiger partial charge < -0.3 is 14.4 Å². The molecule has 1 unspecified atom stereocenters. The predicted molar refractivity (Wildman–Crippen MR) is 106 cm³/mol. The molecule has 0 radical (unpaired) electrons. The molecule has 0 heterocycles. The van der Waals surface area contributed by atoms with Crippen molar-refractivity contribution in [2.75, 3.05) is 24.9 Å². The van der Waals surface area contributed by atoms with Crippen LogP contribution in [0, 0.1) is 5.92 Å². The van der Waals surface area contributed by atoms with Crippen LogP contribution in [0.2, 0.25) is 0 Å². The summed E-state index contributed by atoms with van der Waals surface area (Å²) < 4.78 is 10.4. The molecule has 1 aliphatic carbocycles. The van der Waals surface area contributed by atoms with Gasteiger partial charge in [0, 0.05) is 16.6 Å². The molecular weight excluding hydrogens is 346 g/mol. The first-order valence-electron chi connectivity index (χ1n) is 8.85. The van der Waals surface area contributed by atoms with Gasteiger partial charge in [0.15, 0.2) is 0 Å². The molecule has 4 nitrogen and oxygen atoms in total. The topological polar surface area (TPSA) is 38.8 Å². The first kappa shape index (κ1) is 18.6.